The van der Waals surface area contributed by atoms with Crippen molar-refractivity contribution in [2.45, 2.75) is 20.3 Å². The SMILES string of the molecule is CCc1onc(C)c1C(=O)Cl. The normalized spacial score (nSPS) is 10.1. The lowest BCUT2D eigenvalue weighted by atomic mass is 10.2. The predicted octanol–water partition coefficient (Wildman–Crippen LogP) is 1.92. The van der Waals surface area contributed by atoms with Crippen LogP contribution in [-0.2, 0) is 6.42 Å². The van der Waals surface area contributed by atoms with Gasteiger partial charge in [-0.15, -0.1) is 0 Å². The second kappa shape index (κ2) is 3.05. The highest BCUT2D eigenvalue weighted by Crippen LogP contribution is 2.15. The van der Waals surface area contributed by atoms with E-state index >= 15 is 0 Å². The topological polar surface area (TPSA) is 43.1 Å². The Kier molecular flexibility index (Phi) is 2.29. The Labute approximate surface area is 69.3 Å². The first-order chi connectivity index (χ1) is 5.16. The second-order valence-electron chi connectivity index (χ2n) is 2.19. The maximum absolute atomic E-state index is 10.8. The van der Waals surface area contributed by atoms with Crippen molar-refractivity contribution in [3.8, 4) is 0 Å². The average molecular weight is 174 g/mol. The third-order valence-electron chi connectivity index (χ3n) is 1.45. The summed E-state index contributed by atoms with van der Waals surface area (Å²) in [5, 5.41) is 3.13. The summed E-state index contributed by atoms with van der Waals surface area (Å²) in [6, 6.07) is 0. The number of hydrogen-bond donors (Lipinski definition) is 0. The first kappa shape index (κ1) is 8.27. The number of rotatable bonds is 2. The largest absolute Gasteiger partial charge is 0.360 e. The van der Waals surface area contributed by atoms with Gasteiger partial charge in [-0.05, 0) is 18.5 Å². The highest BCUT2D eigenvalue weighted by atomic mass is 35.5. The fraction of sp³-hybridized carbons (Fsp3) is 0.429. The molecular formula is C7H8ClNO2. The first-order valence-corrected chi connectivity index (χ1v) is 3.69. The summed E-state index contributed by atoms with van der Waals surface area (Å²) in [6.45, 7) is 3.57. The molecule has 0 atom stereocenters. The van der Waals surface area contributed by atoms with Crippen LogP contribution < -0.4 is 0 Å². The van der Waals surface area contributed by atoms with Crippen LogP contribution in [0.1, 0.15) is 28.7 Å². The fourth-order valence-corrected chi connectivity index (χ4v) is 1.15. The zero-order valence-electron chi connectivity index (χ0n) is 6.35. The summed E-state index contributed by atoms with van der Waals surface area (Å²) in [4.78, 5) is 10.8. The highest BCUT2D eigenvalue weighted by molar-refractivity contribution is 6.68. The minimum absolute atomic E-state index is 0.411. The van der Waals surface area contributed by atoms with Gasteiger partial charge < -0.3 is 4.52 Å². The molecule has 1 aromatic heterocycles. The lowest BCUT2D eigenvalue weighted by Gasteiger charge is -1.89. The molecule has 3 nitrogen and oxygen atoms in total. The van der Waals surface area contributed by atoms with E-state index in [1.165, 1.54) is 0 Å². The molecule has 0 spiro atoms. The summed E-state index contributed by atoms with van der Waals surface area (Å²) >= 11 is 5.29. The number of aryl methyl sites for hydroxylation is 2. The zero-order chi connectivity index (χ0) is 8.43. The number of aromatic nitrogens is 1. The number of carbonyl (C=O) groups excluding carboxylic acids is 1. The monoisotopic (exact) mass is 173 g/mol. The Hall–Kier alpha value is -0.830. The predicted molar refractivity (Wildman–Crippen MR) is 40.8 cm³/mol. The van der Waals surface area contributed by atoms with Gasteiger partial charge in [0.15, 0.2) is 0 Å². The molecule has 0 unspecified atom stereocenters. The quantitative estimate of drug-likeness (QED) is 0.642. The first-order valence-electron chi connectivity index (χ1n) is 3.31. The summed E-state index contributed by atoms with van der Waals surface area (Å²) in [7, 11) is 0. The molecule has 0 fully saturated rings. The van der Waals surface area contributed by atoms with E-state index in [2.05, 4.69) is 5.16 Å². The van der Waals surface area contributed by atoms with Gasteiger partial charge in [-0.1, -0.05) is 12.1 Å². The summed E-state index contributed by atoms with van der Waals surface area (Å²) in [5.41, 5.74) is 0.969. The van der Waals surface area contributed by atoms with Crippen LogP contribution in [0.3, 0.4) is 0 Å². The average Bonchev–Trinajstić information content (AvgIpc) is 2.30. The van der Waals surface area contributed by atoms with Crippen molar-refractivity contribution in [1.29, 1.82) is 0 Å². The summed E-state index contributed by atoms with van der Waals surface area (Å²) in [5.74, 6) is 0.558. The number of carbonyl (C=O) groups is 1. The van der Waals surface area contributed by atoms with Crippen LogP contribution in [0.5, 0.6) is 0 Å². The number of halogens is 1. The third-order valence-corrected chi connectivity index (χ3v) is 1.64. The van der Waals surface area contributed by atoms with E-state index in [1.807, 2.05) is 6.92 Å². The van der Waals surface area contributed by atoms with Gasteiger partial charge in [0.05, 0.1) is 11.3 Å². The molecule has 1 heterocycles. The van der Waals surface area contributed by atoms with Crippen molar-refractivity contribution >= 4 is 16.8 Å². The number of nitrogens with zero attached hydrogens (tertiary/aromatic N) is 1. The van der Waals surface area contributed by atoms with Crippen LogP contribution in [-0.4, -0.2) is 10.4 Å². The van der Waals surface area contributed by atoms with Crippen LogP contribution >= 0.6 is 11.6 Å². The Morgan fingerprint density at radius 3 is 2.73 bits per heavy atom. The lowest BCUT2D eigenvalue weighted by Crippen LogP contribution is -1.93. The minimum Gasteiger partial charge on any atom is -0.360 e. The van der Waals surface area contributed by atoms with Gasteiger partial charge in [0.2, 0.25) is 0 Å². The molecule has 11 heavy (non-hydrogen) atoms. The summed E-state index contributed by atoms with van der Waals surface area (Å²) < 4.78 is 4.85. The van der Waals surface area contributed by atoms with Gasteiger partial charge in [-0.25, -0.2) is 0 Å². The van der Waals surface area contributed by atoms with Crippen molar-refractivity contribution in [3.05, 3.63) is 17.0 Å². The minimum atomic E-state index is -0.499. The second-order valence-corrected chi connectivity index (χ2v) is 2.54. The molecule has 0 N–H and O–H groups in total. The molecule has 0 aliphatic carbocycles. The fourth-order valence-electron chi connectivity index (χ4n) is 0.910. The van der Waals surface area contributed by atoms with E-state index in [-0.39, 0.29) is 0 Å². The molecule has 0 radical (unpaired) electrons. The van der Waals surface area contributed by atoms with E-state index < -0.39 is 5.24 Å². The van der Waals surface area contributed by atoms with Crippen molar-refractivity contribution < 1.29 is 9.32 Å². The molecule has 1 aromatic rings. The molecule has 0 saturated carbocycles. The van der Waals surface area contributed by atoms with E-state index in [9.17, 15) is 4.79 Å². The summed E-state index contributed by atoms with van der Waals surface area (Å²) in [6.07, 6.45) is 0.634. The van der Waals surface area contributed by atoms with Crippen LogP contribution in [0.4, 0.5) is 0 Å². The van der Waals surface area contributed by atoms with E-state index in [4.69, 9.17) is 16.1 Å². The Balaban J connectivity index is 3.17. The Morgan fingerprint density at radius 2 is 2.36 bits per heavy atom. The van der Waals surface area contributed by atoms with Gasteiger partial charge in [0.1, 0.15) is 5.76 Å². The molecule has 0 aliphatic heterocycles. The molecule has 4 heteroatoms. The molecule has 0 aromatic carbocycles. The van der Waals surface area contributed by atoms with E-state index in [0.717, 1.165) is 0 Å². The van der Waals surface area contributed by atoms with Crippen molar-refractivity contribution in [3.63, 3.8) is 0 Å². The zero-order valence-corrected chi connectivity index (χ0v) is 7.10. The van der Waals surface area contributed by atoms with Crippen molar-refractivity contribution in [1.82, 2.24) is 5.16 Å². The number of hydrogen-bond acceptors (Lipinski definition) is 3. The third kappa shape index (κ3) is 1.43. The Bertz CT molecular complexity index is 280. The molecule has 0 bridgehead atoms. The molecule has 0 saturated heterocycles. The molecule has 1 rings (SSSR count). The highest BCUT2D eigenvalue weighted by Gasteiger charge is 2.16. The van der Waals surface area contributed by atoms with Gasteiger partial charge >= 0.3 is 0 Å². The van der Waals surface area contributed by atoms with Gasteiger partial charge in [0.25, 0.3) is 5.24 Å². The molecular weight excluding hydrogens is 166 g/mol. The smallest absolute Gasteiger partial charge is 0.257 e. The maximum atomic E-state index is 10.8. The van der Waals surface area contributed by atoms with Crippen molar-refractivity contribution in [2.24, 2.45) is 0 Å². The van der Waals surface area contributed by atoms with Crippen LogP contribution in [0.2, 0.25) is 0 Å². The van der Waals surface area contributed by atoms with Gasteiger partial charge in [-0.2, -0.15) is 0 Å². The van der Waals surface area contributed by atoms with E-state index in [1.54, 1.807) is 6.92 Å². The van der Waals surface area contributed by atoms with E-state index in [0.29, 0.717) is 23.4 Å². The standard InChI is InChI=1S/C7H8ClNO2/c1-3-5-6(7(8)10)4(2)9-11-5/h3H2,1-2H3. The van der Waals surface area contributed by atoms with Crippen LogP contribution in [0.25, 0.3) is 0 Å². The van der Waals surface area contributed by atoms with Gasteiger partial charge in [-0.3, -0.25) is 4.79 Å². The lowest BCUT2D eigenvalue weighted by molar-refractivity contribution is 0.107. The molecule has 0 amide bonds. The van der Waals surface area contributed by atoms with Gasteiger partial charge in [0, 0.05) is 6.42 Å². The molecule has 60 valence electrons. The molecule has 0 aliphatic rings. The Morgan fingerprint density at radius 1 is 1.73 bits per heavy atom. The van der Waals surface area contributed by atoms with Crippen LogP contribution in [0, 0.1) is 6.92 Å². The van der Waals surface area contributed by atoms with Crippen LogP contribution in [0.15, 0.2) is 4.52 Å². The maximum Gasteiger partial charge on any atom is 0.257 e. The van der Waals surface area contributed by atoms with Crippen molar-refractivity contribution in [2.75, 3.05) is 0 Å².